The molecule has 4 heterocycles. The average molecular weight is 517 g/mol. The van der Waals surface area contributed by atoms with Crippen molar-refractivity contribution in [3.8, 4) is 33.6 Å². The maximum Gasteiger partial charge on any atom is 0.253 e. The number of piperazine rings is 1. The third-order valence-corrected chi connectivity index (χ3v) is 7.88. The molecule has 1 amide bonds. The third kappa shape index (κ3) is 5.40. The molecule has 2 aliphatic carbocycles. The van der Waals surface area contributed by atoms with E-state index >= 15 is 0 Å². The van der Waals surface area contributed by atoms with Crippen molar-refractivity contribution in [2.45, 2.75) is 37.8 Å². The molecule has 0 spiro atoms. The number of carbonyl (C=O) groups is 1. The first-order chi connectivity index (χ1) is 19.2. The van der Waals surface area contributed by atoms with Crippen molar-refractivity contribution in [2.75, 3.05) is 31.5 Å². The van der Waals surface area contributed by atoms with Crippen molar-refractivity contribution < 1.29 is 4.79 Å². The molecule has 0 unspecified atom stereocenters. The molecule has 39 heavy (non-hydrogen) atoms. The monoisotopic (exact) mass is 516 g/mol. The Balaban J connectivity index is 1.12. The molecule has 1 saturated heterocycles. The molecule has 4 aromatic rings. The highest BCUT2D eigenvalue weighted by Crippen LogP contribution is 2.32. The molecule has 0 bridgehead atoms. The molecule has 3 aromatic heterocycles. The van der Waals surface area contributed by atoms with Gasteiger partial charge in [0.1, 0.15) is 5.82 Å². The summed E-state index contributed by atoms with van der Waals surface area (Å²) in [5.74, 6) is 0.986. The highest BCUT2D eigenvalue weighted by Gasteiger charge is 2.32. The standard InChI is InChI=1S/C32H32N6O/c39-32(38-15-13-37(14-16-38)28-10-11-28)23-6-4-22(5-7-23)25-17-26(21-33-20-25)24-18-30(29-3-1-2-12-34-29)36-31(19-24)35-27-8-9-27/h1-7,12,17-21,27-28H,8-11,13-16H2,(H,35,36). The van der Waals surface area contributed by atoms with Gasteiger partial charge in [0.25, 0.3) is 5.91 Å². The van der Waals surface area contributed by atoms with Gasteiger partial charge in [-0.1, -0.05) is 18.2 Å². The zero-order valence-electron chi connectivity index (χ0n) is 22.0. The van der Waals surface area contributed by atoms with Crippen LogP contribution in [0.15, 0.2) is 79.3 Å². The predicted molar refractivity (Wildman–Crippen MR) is 153 cm³/mol. The maximum atomic E-state index is 13.1. The number of hydrogen-bond acceptors (Lipinski definition) is 6. The predicted octanol–water partition coefficient (Wildman–Crippen LogP) is 5.37. The molecular formula is C32H32N6O. The van der Waals surface area contributed by atoms with Crippen molar-refractivity contribution >= 4 is 11.7 Å². The molecule has 1 N–H and O–H groups in total. The lowest BCUT2D eigenvalue weighted by molar-refractivity contribution is 0.0627. The number of rotatable bonds is 7. The van der Waals surface area contributed by atoms with Gasteiger partial charge in [0.2, 0.25) is 0 Å². The van der Waals surface area contributed by atoms with Crippen molar-refractivity contribution in [3.63, 3.8) is 0 Å². The number of hydrogen-bond donors (Lipinski definition) is 1. The van der Waals surface area contributed by atoms with E-state index in [1.807, 2.05) is 59.8 Å². The van der Waals surface area contributed by atoms with E-state index < -0.39 is 0 Å². The fourth-order valence-electron chi connectivity index (χ4n) is 5.33. The molecule has 196 valence electrons. The summed E-state index contributed by atoms with van der Waals surface area (Å²) < 4.78 is 0. The van der Waals surface area contributed by atoms with Gasteiger partial charge in [-0.2, -0.15) is 0 Å². The molecule has 7 heteroatoms. The van der Waals surface area contributed by atoms with Gasteiger partial charge in [-0.05, 0) is 79.3 Å². The minimum absolute atomic E-state index is 0.124. The number of pyridine rings is 3. The second-order valence-corrected chi connectivity index (χ2v) is 10.9. The van der Waals surface area contributed by atoms with E-state index in [1.54, 1.807) is 6.20 Å². The zero-order chi connectivity index (χ0) is 26.2. The van der Waals surface area contributed by atoms with Crippen LogP contribution in [-0.4, -0.2) is 68.9 Å². The molecule has 0 atom stereocenters. The second kappa shape index (κ2) is 10.2. The minimum Gasteiger partial charge on any atom is -0.367 e. The first kappa shape index (κ1) is 24.0. The van der Waals surface area contributed by atoms with Gasteiger partial charge in [0.15, 0.2) is 0 Å². The summed E-state index contributed by atoms with van der Waals surface area (Å²) in [6.07, 6.45) is 10.5. The molecule has 1 aromatic carbocycles. The lowest BCUT2D eigenvalue weighted by Gasteiger charge is -2.34. The molecule has 3 aliphatic rings. The molecule has 2 saturated carbocycles. The SMILES string of the molecule is O=C(c1ccc(-c2cncc(-c3cc(NC4CC4)nc(-c4ccccn4)c3)c2)cc1)N1CCN(C2CC2)CC1. The Bertz CT molecular complexity index is 1470. The summed E-state index contributed by atoms with van der Waals surface area (Å²) in [5.41, 5.74) is 6.53. The van der Waals surface area contributed by atoms with E-state index in [9.17, 15) is 4.79 Å². The number of amides is 1. The molecule has 7 rings (SSSR count). The molecule has 1 aliphatic heterocycles. The van der Waals surface area contributed by atoms with Crippen molar-refractivity contribution in [1.29, 1.82) is 0 Å². The highest BCUT2D eigenvalue weighted by molar-refractivity contribution is 5.95. The lowest BCUT2D eigenvalue weighted by Crippen LogP contribution is -2.49. The average Bonchev–Trinajstić information content (AvgIpc) is 3.93. The Morgan fingerprint density at radius 1 is 0.769 bits per heavy atom. The third-order valence-electron chi connectivity index (χ3n) is 7.88. The van der Waals surface area contributed by atoms with Gasteiger partial charge in [-0.3, -0.25) is 19.7 Å². The molecular weight excluding hydrogens is 484 g/mol. The molecule has 7 nitrogen and oxygen atoms in total. The molecule has 3 fully saturated rings. The number of aromatic nitrogens is 3. The number of nitrogens with one attached hydrogen (secondary N) is 1. The van der Waals surface area contributed by atoms with Crippen LogP contribution in [0.2, 0.25) is 0 Å². The van der Waals surface area contributed by atoms with Crippen molar-refractivity contribution in [2.24, 2.45) is 0 Å². The fraction of sp³-hybridized carbons (Fsp3) is 0.312. The number of benzene rings is 1. The largest absolute Gasteiger partial charge is 0.367 e. The van der Waals surface area contributed by atoms with Gasteiger partial charge in [0, 0.05) is 73.5 Å². The van der Waals surface area contributed by atoms with Crippen LogP contribution in [0.25, 0.3) is 33.6 Å². The first-order valence-electron chi connectivity index (χ1n) is 14.0. The normalized spacial score (nSPS) is 17.7. The second-order valence-electron chi connectivity index (χ2n) is 10.9. The highest BCUT2D eigenvalue weighted by atomic mass is 16.2. The van der Waals surface area contributed by atoms with Crippen LogP contribution >= 0.6 is 0 Å². The van der Waals surface area contributed by atoms with Gasteiger partial charge in [-0.15, -0.1) is 0 Å². The Labute approximate surface area is 228 Å². The van der Waals surface area contributed by atoms with E-state index in [0.29, 0.717) is 6.04 Å². The van der Waals surface area contributed by atoms with Crippen molar-refractivity contribution in [3.05, 3.63) is 84.8 Å². The van der Waals surface area contributed by atoms with Crippen LogP contribution in [0, 0.1) is 0 Å². The van der Waals surface area contributed by atoms with Gasteiger partial charge < -0.3 is 10.2 Å². The summed E-state index contributed by atoms with van der Waals surface area (Å²) in [6, 6.07) is 21.4. The number of carbonyl (C=O) groups excluding carboxylic acids is 1. The van der Waals surface area contributed by atoms with Crippen LogP contribution in [0.1, 0.15) is 36.0 Å². The Hall–Kier alpha value is -4.10. The first-order valence-corrected chi connectivity index (χ1v) is 14.0. The summed E-state index contributed by atoms with van der Waals surface area (Å²) in [4.78, 5) is 31.6. The maximum absolute atomic E-state index is 13.1. The van der Waals surface area contributed by atoms with Gasteiger partial charge in [0.05, 0.1) is 11.4 Å². The minimum atomic E-state index is 0.124. The van der Waals surface area contributed by atoms with Crippen LogP contribution in [0.3, 0.4) is 0 Å². The smallest absolute Gasteiger partial charge is 0.253 e. The van der Waals surface area contributed by atoms with Gasteiger partial charge in [-0.25, -0.2) is 4.98 Å². The zero-order valence-corrected chi connectivity index (χ0v) is 22.0. The van der Waals surface area contributed by atoms with E-state index in [-0.39, 0.29) is 5.91 Å². The number of nitrogens with zero attached hydrogens (tertiary/aromatic N) is 5. The number of anilines is 1. The Kier molecular flexibility index (Phi) is 6.29. The van der Waals surface area contributed by atoms with E-state index in [4.69, 9.17) is 4.98 Å². The summed E-state index contributed by atoms with van der Waals surface area (Å²) in [5, 5.41) is 3.54. The summed E-state index contributed by atoms with van der Waals surface area (Å²) in [6.45, 7) is 3.60. The van der Waals surface area contributed by atoms with E-state index in [2.05, 4.69) is 38.4 Å². The quantitative estimate of drug-likeness (QED) is 0.356. The van der Waals surface area contributed by atoms with E-state index in [0.717, 1.165) is 77.2 Å². The van der Waals surface area contributed by atoms with Crippen LogP contribution < -0.4 is 5.32 Å². The summed E-state index contributed by atoms with van der Waals surface area (Å²) >= 11 is 0. The fourth-order valence-corrected chi connectivity index (χ4v) is 5.33. The van der Waals surface area contributed by atoms with E-state index in [1.165, 1.54) is 25.7 Å². The van der Waals surface area contributed by atoms with Crippen LogP contribution in [0.4, 0.5) is 5.82 Å². The summed E-state index contributed by atoms with van der Waals surface area (Å²) in [7, 11) is 0. The molecule has 0 radical (unpaired) electrons. The van der Waals surface area contributed by atoms with Crippen LogP contribution in [0.5, 0.6) is 0 Å². The van der Waals surface area contributed by atoms with Gasteiger partial charge >= 0.3 is 0 Å². The Morgan fingerprint density at radius 3 is 2.23 bits per heavy atom. The lowest BCUT2D eigenvalue weighted by atomic mass is 10.0. The van der Waals surface area contributed by atoms with Crippen LogP contribution in [-0.2, 0) is 0 Å². The Morgan fingerprint density at radius 2 is 1.54 bits per heavy atom. The van der Waals surface area contributed by atoms with Crippen molar-refractivity contribution in [1.82, 2.24) is 24.8 Å². The topological polar surface area (TPSA) is 74.2 Å².